The van der Waals surface area contributed by atoms with Crippen molar-refractivity contribution in [1.29, 1.82) is 0 Å². The van der Waals surface area contributed by atoms with Gasteiger partial charge in [0.1, 0.15) is 5.75 Å². The highest BCUT2D eigenvalue weighted by Gasteiger charge is 2.16. The summed E-state index contributed by atoms with van der Waals surface area (Å²) >= 11 is 0. The molecule has 0 radical (unpaired) electrons. The number of benzene rings is 1. The molecule has 0 saturated carbocycles. The number of rotatable bonds is 4. The van der Waals surface area contributed by atoms with E-state index in [-0.39, 0.29) is 17.7 Å². The molecule has 110 valence electrons. The zero-order chi connectivity index (χ0) is 14.5. The second kappa shape index (κ2) is 6.72. The fourth-order valence-electron chi connectivity index (χ4n) is 2.32. The molecule has 1 fully saturated rings. The number of amides is 1. The van der Waals surface area contributed by atoms with Crippen molar-refractivity contribution >= 4 is 5.91 Å². The third-order valence-corrected chi connectivity index (χ3v) is 3.47. The van der Waals surface area contributed by atoms with Crippen LogP contribution in [0.4, 0.5) is 0 Å². The van der Waals surface area contributed by atoms with Crippen molar-refractivity contribution in [3.63, 3.8) is 0 Å². The van der Waals surface area contributed by atoms with Gasteiger partial charge >= 0.3 is 0 Å². The zero-order valence-corrected chi connectivity index (χ0v) is 12.1. The largest absolute Gasteiger partial charge is 0.508 e. The Kier molecular flexibility index (Phi) is 4.98. The second-order valence-corrected chi connectivity index (χ2v) is 5.29. The number of hydrogen-bond acceptors (Lipinski definition) is 4. The number of nitrogens with one attached hydrogen (secondary N) is 1. The molecule has 5 heteroatoms. The standard InChI is InChI=1S/C15H22N2O3/c1-11-9-13(3-4-14(11)18)15(19)16-12(2)10-17-5-7-20-8-6-17/h3-4,9,12,18H,5-8,10H2,1-2H3,(H,16,19). The summed E-state index contributed by atoms with van der Waals surface area (Å²) in [6, 6.07) is 4.97. The van der Waals surface area contributed by atoms with Crippen LogP contribution in [0.2, 0.25) is 0 Å². The van der Waals surface area contributed by atoms with E-state index >= 15 is 0 Å². The van der Waals surface area contributed by atoms with Gasteiger partial charge in [-0.3, -0.25) is 9.69 Å². The van der Waals surface area contributed by atoms with Crippen LogP contribution < -0.4 is 5.32 Å². The fourth-order valence-corrected chi connectivity index (χ4v) is 2.32. The third kappa shape index (κ3) is 3.95. The first kappa shape index (κ1) is 14.8. The summed E-state index contributed by atoms with van der Waals surface area (Å²) in [5.41, 5.74) is 1.28. The lowest BCUT2D eigenvalue weighted by atomic mass is 10.1. The molecule has 0 aromatic heterocycles. The van der Waals surface area contributed by atoms with Gasteiger partial charge in [-0.25, -0.2) is 0 Å². The lowest BCUT2D eigenvalue weighted by molar-refractivity contribution is 0.0342. The molecule has 1 saturated heterocycles. The van der Waals surface area contributed by atoms with Crippen molar-refractivity contribution in [3.8, 4) is 5.75 Å². The highest BCUT2D eigenvalue weighted by atomic mass is 16.5. The number of hydrogen-bond donors (Lipinski definition) is 2. The molecular weight excluding hydrogens is 256 g/mol. The Bertz CT molecular complexity index is 470. The van der Waals surface area contributed by atoms with E-state index in [2.05, 4.69) is 10.2 Å². The molecule has 5 nitrogen and oxygen atoms in total. The van der Waals surface area contributed by atoms with Gasteiger partial charge in [0.25, 0.3) is 5.91 Å². The number of morpholine rings is 1. The quantitative estimate of drug-likeness (QED) is 0.867. The number of ether oxygens (including phenoxy) is 1. The first-order valence-corrected chi connectivity index (χ1v) is 6.97. The third-order valence-electron chi connectivity index (χ3n) is 3.47. The van der Waals surface area contributed by atoms with Crippen LogP contribution in [0.15, 0.2) is 18.2 Å². The molecule has 2 N–H and O–H groups in total. The SMILES string of the molecule is Cc1cc(C(=O)NC(C)CN2CCOCC2)ccc1O. The van der Waals surface area contributed by atoms with Crippen LogP contribution in [-0.2, 0) is 4.74 Å². The predicted molar refractivity (Wildman–Crippen MR) is 77.0 cm³/mol. The molecule has 1 aliphatic rings. The van der Waals surface area contributed by atoms with Crippen LogP contribution in [0.25, 0.3) is 0 Å². The zero-order valence-electron chi connectivity index (χ0n) is 12.1. The minimum Gasteiger partial charge on any atom is -0.508 e. The Labute approximate surface area is 119 Å². The van der Waals surface area contributed by atoms with E-state index < -0.39 is 0 Å². The summed E-state index contributed by atoms with van der Waals surface area (Å²) in [6.45, 7) is 7.96. The van der Waals surface area contributed by atoms with Crippen LogP contribution in [0.3, 0.4) is 0 Å². The summed E-state index contributed by atoms with van der Waals surface area (Å²) in [4.78, 5) is 14.4. The minimum absolute atomic E-state index is 0.0784. The number of phenolic OH excluding ortho intramolecular Hbond substituents is 1. The molecule has 2 rings (SSSR count). The molecule has 0 aliphatic carbocycles. The van der Waals surface area contributed by atoms with Crippen LogP contribution in [0.1, 0.15) is 22.8 Å². The number of phenols is 1. The molecule has 0 spiro atoms. The Balaban J connectivity index is 1.87. The van der Waals surface area contributed by atoms with E-state index in [1.165, 1.54) is 0 Å². The maximum atomic E-state index is 12.1. The molecular formula is C15H22N2O3. The summed E-state index contributed by atoms with van der Waals surface area (Å²) in [5, 5.41) is 12.5. The van der Waals surface area contributed by atoms with Gasteiger partial charge in [-0.1, -0.05) is 0 Å². The minimum atomic E-state index is -0.103. The molecule has 1 unspecified atom stereocenters. The number of carbonyl (C=O) groups excluding carboxylic acids is 1. The van der Waals surface area contributed by atoms with Gasteiger partial charge in [-0.05, 0) is 37.6 Å². The topological polar surface area (TPSA) is 61.8 Å². The Morgan fingerprint density at radius 2 is 2.15 bits per heavy atom. The lowest BCUT2D eigenvalue weighted by Gasteiger charge is -2.29. The first-order valence-electron chi connectivity index (χ1n) is 6.97. The maximum Gasteiger partial charge on any atom is 0.251 e. The maximum absolute atomic E-state index is 12.1. The summed E-state index contributed by atoms with van der Waals surface area (Å²) in [6.07, 6.45) is 0. The van der Waals surface area contributed by atoms with Crippen LogP contribution in [0, 0.1) is 6.92 Å². The summed E-state index contributed by atoms with van der Waals surface area (Å²) in [7, 11) is 0. The first-order chi connectivity index (χ1) is 9.56. The van der Waals surface area contributed by atoms with Crippen molar-refractivity contribution < 1.29 is 14.6 Å². The highest BCUT2D eigenvalue weighted by molar-refractivity contribution is 5.94. The monoisotopic (exact) mass is 278 g/mol. The van der Waals surface area contributed by atoms with E-state index in [0.717, 1.165) is 32.8 Å². The highest BCUT2D eigenvalue weighted by Crippen LogP contribution is 2.16. The molecule has 1 heterocycles. The average Bonchev–Trinajstić information content (AvgIpc) is 2.42. The van der Waals surface area contributed by atoms with Crippen molar-refractivity contribution in [3.05, 3.63) is 29.3 Å². The number of aromatic hydroxyl groups is 1. The van der Waals surface area contributed by atoms with E-state index in [4.69, 9.17) is 4.74 Å². The van der Waals surface area contributed by atoms with Gasteiger partial charge in [0.05, 0.1) is 13.2 Å². The molecule has 1 aromatic rings. The molecule has 1 amide bonds. The summed E-state index contributed by atoms with van der Waals surface area (Å²) in [5.74, 6) is 0.108. The van der Waals surface area contributed by atoms with Crippen molar-refractivity contribution in [2.45, 2.75) is 19.9 Å². The summed E-state index contributed by atoms with van der Waals surface area (Å²) < 4.78 is 5.30. The predicted octanol–water partition coefficient (Wildman–Crippen LogP) is 1.15. The van der Waals surface area contributed by atoms with Crippen molar-refractivity contribution in [2.24, 2.45) is 0 Å². The van der Waals surface area contributed by atoms with E-state index in [1.807, 2.05) is 6.92 Å². The Morgan fingerprint density at radius 1 is 1.45 bits per heavy atom. The smallest absolute Gasteiger partial charge is 0.251 e. The lowest BCUT2D eigenvalue weighted by Crippen LogP contribution is -2.46. The number of aryl methyl sites for hydroxylation is 1. The molecule has 0 bridgehead atoms. The average molecular weight is 278 g/mol. The van der Waals surface area contributed by atoms with E-state index in [0.29, 0.717) is 11.1 Å². The van der Waals surface area contributed by atoms with Crippen LogP contribution in [-0.4, -0.2) is 54.8 Å². The fraction of sp³-hybridized carbons (Fsp3) is 0.533. The van der Waals surface area contributed by atoms with E-state index in [9.17, 15) is 9.90 Å². The van der Waals surface area contributed by atoms with Crippen LogP contribution >= 0.6 is 0 Å². The van der Waals surface area contributed by atoms with Gasteiger partial charge < -0.3 is 15.2 Å². The van der Waals surface area contributed by atoms with Crippen molar-refractivity contribution in [2.75, 3.05) is 32.8 Å². The molecule has 1 atom stereocenters. The molecule has 1 aromatic carbocycles. The van der Waals surface area contributed by atoms with Crippen molar-refractivity contribution in [1.82, 2.24) is 10.2 Å². The molecule has 1 aliphatic heterocycles. The van der Waals surface area contributed by atoms with Gasteiger partial charge in [0.15, 0.2) is 0 Å². The Morgan fingerprint density at radius 3 is 2.80 bits per heavy atom. The van der Waals surface area contributed by atoms with Gasteiger partial charge in [0.2, 0.25) is 0 Å². The van der Waals surface area contributed by atoms with Crippen LogP contribution in [0.5, 0.6) is 5.75 Å². The molecule has 20 heavy (non-hydrogen) atoms. The normalized spacial score (nSPS) is 17.7. The number of carbonyl (C=O) groups is 1. The van der Waals surface area contributed by atoms with Gasteiger partial charge in [-0.15, -0.1) is 0 Å². The second-order valence-electron chi connectivity index (χ2n) is 5.29. The van der Waals surface area contributed by atoms with Gasteiger partial charge in [0, 0.05) is 31.2 Å². The Hall–Kier alpha value is -1.59. The number of nitrogens with zero attached hydrogens (tertiary/aromatic N) is 1. The van der Waals surface area contributed by atoms with Gasteiger partial charge in [-0.2, -0.15) is 0 Å². The van der Waals surface area contributed by atoms with E-state index in [1.54, 1.807) is 25.1 Å².